The van der Waals surface area contributed by atoms with E-state index in [4.69, 9.17) is 26.3 Å². The minimum atomic E-state index is -0.498. The van der Waals surface area contributed by atoms with Crippen LogP contribution in [0.25, 0.3) is 11.3 Å². The van der Waals surface area contributed by atoms with Crippen molar-refractivity contribution in [2.45, 2.75) is 45.3 Å². The van der Waals surface area contributed by atoms with E-state index in [9.17, 15) is 4.39 Å². The Balaban J connectivity index is 1.72. The number of alkyl halides is 1. The van der Waals surface area contributed by atoms with Crippen LogP contribution in [0.1, 0.15) is 42.4 Å². The molecule has 0 bridgehead atoms. The molecule has 7 heteroatoms. The summed E-state index contributed by atoms with van der Waals surface area (Å²) in [6.07, 6.45) is 2.02. The molecule has 180 valence electrons. The van der Waals surface area contributed by atoms with Crippen molar-refractivity contribution in [3.8, 4) is 11.3 Å². The Morgan fingerprint density at radius 3 is 2.53 bits per heavy atom. The van der Waals surface area contributed by atoms with Crippen LogP contribution in [0.3, 0.4) is 0 Å². The van der Waals surface area contributed by atoms with Crippen LogP contribution in [0, 0.1) is 0 Å². The molecule has 2 atom stereocenters. The number of ether oxygens (including phenoxy) is 1. The van der Waals surface area contributed by atoms with Crippen molar-refractivity contribution in [3.63, 3.8) is 0 Å². The Bertz CT molecular complexity index is 1150. The first-order valence-electron chi connectivity index (χ1n) is 11.9. The van der Waals surface area contributed by atoms with Gasteiger partial charge in [-0.25, -0.2) is 14.4 Å². The summed E-state index contributed by atoms with van der Waals surface area (Å²) >= 11 is 6.68. The molecule has 34 heavy (non-hydrogen) atoms. The Kier molecular flexibility index (Phi) is 7.69. The first kappa shape index (κ1) is 24.4. The molecule has 1 aliphatic rings. The molecule has 0 spiro atoms. The number of halogens is 2. The Labute approximate surface area is 206 Å². The van der Waals surface area contributed by atoms with Crippen molar-refractivity contribution in [1.82, 2.24) is 9.97 Å². The maximum Gasteiger partial charge on any atom is 0.148 e. The Morgan fingerprint density at radius 2 is 1.85 bits per heavy atom. The zero-order valence-electron chi connectivity index (χ0n) is 20.2. The van der Waals surface area contributed by atoms with Gasteiger partial charge in [-0.1, -0.05) is 49.7 Å². The molecule has 0 radical (unpaired) electrons. The number of rotatable bonds is 9. The average molecular weight is 483 g/mol. The van der Waals surface area contributed by atoms with Crippen LogP contribution in [-0.4, -0.2) is 43.4 Å². The van der Waals surface area contributed by atoms with E-state index < -0.39 is 6.67 Å². The lowest BCUT2D eigenvalue weighted by Crippen LogP contribution is -2.27. The molecule has 0 aliphatic heterocycles. The van der Waals surface area contributed by atoms with Crippen LogP contribution in [0.5, 0.6) is 0 Å². The van der Waals surface area contributed by atoms with Crippen LogP contribution < -0.4 is 10.2 Å². The van der Waals surface area contributed by atoms with E-state index in [0.29, 0.717) is 11.4 Å². The summed E-state index contributed by atoms with van der Waals surface area (Å²) in [5.74, 6) is 0.750. The predicted molar refractivity (Wildman–Crippen MR) is 138 cm³/mol. The van der Waals surface area contributed by atoms with Crippen molar-refractivity contribution >= 4 is 23.1 Å². The third-order valence-electron chi connectivity index (χ3n) is 6.32. The van der Waals surface area contributed by atoms with E-state index in [1.807, 2.05) is 49.3 Å². The van der Waals surface area contributed by atoms with Crippen LogP contribution in [0.2, 0.25) is 5.02 Å². The number of aryl methyl sites for hydroxylation is 2. The van der Waals surface area contributed by atoms with E-state index in [2.05, 4.69) is 31.3 Å². The third kappa shape index (κ3) is 4.89. The van der Waals surface area contributed by atoms with Crippen molar-refractivity contribution in [1.29, 1.82) is 0 Å². The summed E-state index contributed by atoms with van der Waals surface area (Å²) in [5.41, 5.74) is 6.87. The summed E-state index contributed by atoms with van der Waals surface area (Å²) in [5, 5.41) is 4.26. The van der Waals surface area contributed by atoms with E-state index in [-0.39, 0.29) is 18.8 Å². The van der Waals surface area contributed by atoms with Crippen molar-refractivity contribution < 1.29 is 9.13 Å². The molecule has 0 saturated carbocycles. The van der Waals surface area contributed by atoms with Gasteiger partial charge >= 0.3 is 0 Å². The van der Waals surface area contributed by atoms with E-state index >= 15 is 0 Å². The largest absolute Gasteiger partial charge is 0.378 e. The predicted octanol–water partition coefficient (Wildman–Crippen LogP) is 6.05. The third-order valence-corrected chi connectivity index (χ3v) is 6.63. The summed E-state index contributed by atoms with van der Waals surface area (Å²) in [6, 6.07) is 14.2. The minimum absolute atomic E-state index is 0.0870. The van der Waals surface area contributed by atoms with Gasteiger partial charge in [0.1, 0.15) is 12.5 Å². The molecule has 1 heterocycles. The Hall–Kier alpha value is -2.70. The molecule has 1 N–H and O–H groups in total. The van der Waals surface area contributed by atoms with Crippen molar-refractivity contribution in [2.24, 2.45) is 0 Å². The van der Waals surface area contributed by atoms with Gasteiger partial charge in [-0.05, 0) is 42.2 Å². The molecule has 5 nitrogen and oxygen atoms in total. The van der Waals surface area contributed by atoms with Gasteiger partial charge in [-0.2, -0.15) is 0 Å². The van der Waals surface area contributed by atoms with Crippen LogP contribution in [0.15, 0.2) is 42.5 Å². The monoisotopic (exact) mass is 482 g/mol. The fraction of sp³-hybridized carbons (Fsp3) is 0.407. The van der Waals surface area contributed by atoms with Crippen LogP contribution in [0.4, 0.5) is 15.9 Å². The molecule has 0 saturated heterocycles. The molecule has 2 aromatic carbocycles. The number of fused-ring (bicyclic) bond motifs is 1. The molecule has 4 rings (SSSR count). The second kappa shape index (κ2) is 10.7. The average Bonchev–Trinajstić information content (AvgIpc) is 3.19. The number of benzene rings is 2. The first-order chi connectivity index (χ1) is 16.5. The minimum Gasteiger partial charge on any atom is -0.378 e. The van der Waals surface area contributed by atoms with Crippen molar-refractivity contribution in [3.05, 3.63) is 70.0 Å². The molecule has 2 unspecified atom stereocenters. The number of nitrogens with one attached hydrogen (secondary N) is 1. The highest BCUT2D eigenvalue weighted by atomic mass is 35.5. The van der Waals surface area contributed by atoms with E-state index in [0.717, 1.165) is 47.0 Å². The quantitative estimate of drug-likeness (QED) is 0.402. The molecule has 3 aromatic rings. The number of anilines is 2. The molecule has 1 aliphatic carbocycles. The Morgan fingerprint density at radius 1 is 1.09 bits per heavy atom. The molecular weight excluding hydrogens is 451 g/mol. The molecular formula is C27H32ClFN4O. The maximum atomic E-state index is 12.9. The highest BCUT2D eigenvalue weighted by Crippen LogP contribution is 2.38. The SMILES string of the molecule is CCc1nc(-c2ccc(N(C)C)cc2Cl)c(CC)nc1NC1c2ccccc2CC1OCCF. The van der Waals surface area contributed by atoms with Gasteiger partial charge in [-0.3, -0.25) is 0 Å². The highest BCUT2D eigenvalue weighted by molar-refractivity contribution is 6.33. The number of nitrogens with zero attached hydrogens (tertiary/aromatic N) is 3. The maximum absolute atomic E-state index is 12.9. The number of aromatic nitrogens is 2. The number of hydrogen-bond acceptors (Lipinski definition) is 5. The topological polar surface area (TPSA) is 50.3 Å². The van der Waals surface area contributed by atoms with Gasteiger partial charge in [0.15, 0.2) is 0 Å². The zero-order valence-corrected chi connectivity index (χ0v) is 21.0. The lowest BCUT2D eigenvalue weighted by Gasteiger charge is -2.24. The standard InChI is InChI=1S/C27H32ClFN4O/c1-5-22-25(20-12-11-18(33(3)4)16-21(20)28)30-23(6-2)27(31-22)32-26-19-10-8-7-9-17(19)15-24(26)34-14-13-29/h7-12,16,24,26H,5-6,13-15H2,1-4H3,(H,31,32). The van der Waals surface area contributed by atoms with E-state index in [1.165, 1.54) is 11.1 Å². The van der Waals surface area contributed by atoms with Gasteiger partial charge in [0, 0.05) is 31.8 Å². The fourth-order valence-corrected chi connectivity index (χ4v) is 4.80. The second-order valence-electron chi connectivity index (χ2n) is 8.70. The molecule has 0 fully saturated rings. The van der Waals surface area contributed by atoms with E-state index in [1.54, 1.807) is 0 Å². The highest BCUT2D eigenvalue weighted by Gasteiger charge is 2.34. The van der Waals surface area contributed by atoms with Crippen LogP contribution in [-0.2, 0) is 24.0 Å². The number of hydrogen-bond donors (Lipinski definition) is 1. The molecule has 0 amide bonds. The molecule has 1 aromatic heterocycles. The van der Waals surface area contributed by atoms with Gasteiger partial charge in [0.05, 0.1) is 40.9 Å². The fourth-order valence-electron chi connectivity index (χ4n) is 4.53. The summed E-state index contributed by atoms with van der Waals surface area (Å²) in [6.45, 7) is 3.73. The normalized spacial score (nSPS) is 17.0. The lowest BCUT2D eigenvalue weighted by molar-refractivity contribution is 0.0393. The summed E-state index contributed by atoms with van der Waals surface area (Å²) in [4.78, 5) is 12.1. The zero-order chi connectivity index (χ0) is 24.2. The van der Waals surface area contributed by atoms with Gasteiger partial charge in [0.2, 0.25) is 0 Å². The lowest BCUT2D eigenvalue weighted by atomic mass is 10.1. The second-order valence-corrected chi connectivity index (χ2v) is 9.11. The van der Waals surface area contributed by atoms with Crippen LogP contribution >= 0.6 is 11.6 Å². The van der Waals surface area contributed by atoms with Crippen molar-refractivity contribution in [2.75, 3.05) is 37.6 Å². The van der Waals surface area contributed by atoms with Gasteiger partial charge in [0.25, 0.3) is 0 Å². The van der Waals surface area contributed by atoms with Gasteiger partial charge < -0.3 is 15.0 Å². The first-order valence-corrected chi connectivity index (χ1v) is 12.2. The summed E-state index contributed by atoms with van der Waals surface area (Å²) < 4.78 is 18.8. The van der Waals surface area contributed by atoms with Gasteiger partial charge in [-0.15, -0.1) is 0 Å². The smallest absolute Gasteiger partial charge is 0.148 e. The summed E-state index contributed by atoms with van der Waals surface area (Å²) in [7, 11) is 3.98.